The minimum absolute atomic E-state index is 0.494. The number of ether oxygens (including phenoxy) is 2. The molecule has 0 amide bonds. The molecule has 1 fully saturated rings. The van der Waals surface area contributed by atoms with E-state index < -0.39 is 0 Å². The van der Waals surface area contributed by atoms with E-state index in [0.29, 0.717) is 11.8 Å². The lowest BCUT2D eigenvalue weighted by atomic mass is 9.88. The summed E-state index contributed by atoms with van der Waals surface area (Å²) in [4.78, 5) is 18.5. The van der Waals surface area contributed by atoms with Crippen LogP contribution in [-0.4, -0.2) is 59.2 Å². The molecule has 3 aromatic heterocycles. The third-order valence-corrected chi connectivity index (χ3v) is 6.00. The summed E-state index contributed by atoms with van der Waals surface area (Å²) in [6, 6.07) is 6.29. The van der Waals surface area contributed by atoms with E-state index in [1.807, 2.05) is 12.3 Å². The summed E-state index contributed by atoms with van der Waals surface area (Å²) in [6.45, 7) is 2.21. The molecule has 5 rings (SSSR count). The van der Waals surface area contributed by atoms with Gasteiger partial charge in [-0.2, -0.15) is 0 Å². The Kier molecular flexibility index (Phi) is 4.39. The summed E-state index contributed by atoms with van der Waals surface area (Å²) in [5, 5.41) is 1.01. The molecule has 1 aliphatic rings. The summed E-state index contributed by atoms with van der Waals surface area (Å²) >= 11 is 0. The van der Waals surface area contributed by atoms with Crippen molar-refractivity contribution in [2.24, 2.45) is 0 Å². The molecule has 4 heterocycles. The summed E-state index contributed by atoms with van der Waals surface area (Å²) in [5.41, 5.74) is 4.82. The van der Waals surface area contributed by atoms with Crippen LogP contribution >= 0.6 is 0 Å². The first-order valence-corrected chi connectivity index (χ1v) is 9.95. The highest BCUT2D eigenvalue weighted by Gasteiger charge is 2.25. The molecule has 0 atom stereocenters. The van der Waals surface area contributed by atoms with Crippen LogP contribution < -0.4 is 9.47 Å². The molecule has 0 spiro atoms. The summed E-state index contributed by atoms with van der Waals surface area (Å²) < 4.78 is 11.4. The van der Waals surface area contributed by atoms with Gasteiger partial charge in [0.15, 0.2) is 0 Å². The number of likely N-dealkylation sites (tertiary alicyclic amines) is 1. The molecule has 0 aliphatic carbocycles. The van der Waals surface area contributed by atoms with Gasteiger partial charge in [0.1, 0.15) is 22.7 Å². The van der Waals surface area contributed by atoms with Crippen molar-refractivity contribution in [3.05, 3.63) is 36.2 Å². The zero-order valence-electron chi connectivity index (χ0n) is 17.0. The van der Waals surface area contributed by atoms with Gasteiger partial charge in [-0.15, -0.1) is 0 Å². The van der Waals surface area contributed by atoms with Gasteiger partial charge in [-0.3, -0.25) is 0 Å². The number of methoxy groups -OCH3 is 2. The molecular weight excluding hydrogens is 366 g/mol. The second kappa shape index (κ2) is 7.08. The lowest BCUT2D eigenvalue weighted by molar-refractivity contribution is 0.253. The average Bonchev–Trinajstić information content (AvgIpc) is 3.39. The third kappa shape index (κ3) is 2.93. The van der Waals surface area contributed by atoms with E-state index in [1.165, 1.54) is 5.56 Å². The van der Waals surface area contributed by atoms with Crippen LogP contribution in [0.5, 0.6) is 11.6 Å². The van der Waals surface area contributed by atoms with Crippen molar-refractivity contribution in [3.63, 3.8) is 0 Å². The van der Waals surface area contributed by atoms with Crippen LogP contribution in [0, 0.1) is 0 Å². The normalized spacial score (nSPS) is 16.0. The minimum Gasteiger partial charge on any atom is -0.494 e. The lowest BCUT2D eigenvalue weighted by Gasteiger charge is -2.30. The fourth-order valence-corrected chi connectivity index (χ4v) is 4.42. The van der Waals surface area contributed by atoms with Crippen LogP contribution in [0.4, 0.5) is 0 Å². The number of H-pyrrole nitrogens is 2. The van der Waals surface area contributed by atoms with Gasteiger partial charge in [0.05, 0.1) is 25.3 Å². The first-order valence-electron chi connectivity index (χ1n) is 9.95. The Hall–Kier alpha value is -3.06. The molecular formula is C22H25N5O2. The van der Waals surface area contributed by atoms with E-state index in [1.54, 1.807) is 20.4 Å². The Morgan fingerprint density at radius 3 is 2.69 bits per heavy atom. The Bertz CT molecular complexity index is 1170. The number of fused-ring (bicyclic) bond motifs is 2. The van der Waals surface area contributed by atoms with Crippen molar-refractivity contribution in [1.29, 1.82) is 0 Å². The van der Waals surface area contributed by atoms with Gasteiger partial charge in [-0.1, -0.05) is 6.07 Å². The van der Waals surface area contributed by atoms with Crippen LogP contribution in [0.25, 0.3) is 33.3 Å². The zero-order valence-corrected chi connectivity index (χ0v) is 17.0. The highest BCUT2D eigenvalue weighted by Crippen LogP contribution is 2.40. The van der Waals surface area contributed by atoms with Gasteiger partial charge < -0.3 is 24.3 Å². The number of benzene rings is 1. The maximum absolute atomic E-state index is 5.87. The van der Waals surface area contributed by atoms with Crippen molar-refractivity contribution >= 4 is 21.9 Å². The SMILES string of the molecule is COc1ncc2cc[nH]c2c1-c1nc2c(OC)c(C3CCN(C)CC3)ccc2[nH]1. The first kappa shape index (κ1) is 18.0. The third-order valence-electron chi connectivity index (χ3n) is 6.00. The summed E-state index contributed by atoms with van der Waals surface area (Å²) in [6.07, 6.45) is 5.97. The van der Waals surface area contributed by atoms with Gasteiger partial charge in [-0.25, -0.2) is 9.97 Å². The van der Waals surface area contributed by atoms with Crippen LogP contribution in [0.2, 0.25) is 0 Å². The maximum atomic E-state index is 5.87. The predicted molar refractivity (Wildman–Crippen MR) is 114 cm³/mol. The number of hydrogen-bond acceptors (Lipinski definition) is 5. The smallest absolute Gasteiger partial charge is 0.226 e. The number of nitrogens with zero attached hydrogens (tertiary/aromatic N) is 3. The molecule has 1 aromatic carbocycles. The summed E-state index contributed by atoms with van der Waals surface area (Å²) in [7, 11) is 5.54. The van der Waals surface area contributed by atoms with Gasteiger partial charge >= 0.3 is 0 Å². The van der Waals surface area contributed by atoms with Crippen LogP contribution in [-0.2, 0) is 0 Å². The molecule has 0 bridgehead atoms. The predicted octanol–water partition coefficient (Wildman–Crippen LogP) is 3.93. The van der Waals surface area contributed by atoms with Gasteiger partial charge in [0, 0.05) is 17.8 Å². The van der Waals surface area contributed by atoms with E-state index in [2.05, 4.69) is 39.0 Å². The molecule has 2 N–H and O–H groups in total. The topological polar surface area (TPSA) is 79.1 Å². The number of hydrogen-bond donors (Lipinski definition) is 2. The van der Waals surface area contributed by atoms with E-state index in [9.17, 15) is 0 Å². The number of aromatic amines is 2. The second-order valence-electron chi connectivity index (χ2n) is 7.70. The summed E-state index contributed by atoms with van der Waals surface area (Å²) in [5.74, 6) is 2.61. The zero-order chi connectivity index (χ0) is 20.0. The van der Waals surface area contributed by atoms with Crippen LogP contribution in [0.15, 0.2) is 30.6 Å². The first-order chi connectivity index (χ1) is 14.2. The fraction of sp³-hybridized carbons (Fsp3) is 0.364. The van der Waals surface area contributed by atoms with Crippen LogP contribution in [0.1, 0.15) is 24.3 Å². The molecule has 150 valence electrons. The lowest BCUT2D eigenvalue weighted by Crippen LogP contribution is -2.29. The van der Waals surface area contributed by atoms with Crippen molar-refractivity contribution in [2.45, 2.75) is 18.8 Å². The van der Waals surface area contributed by atoms with Crippen molar-refractivity contribution < 1.29 is 9.47 Å². The monoisotopic (exact) mass is 391 g/mol. The molecule has 7 nitrogen and oxygen atoms in total. The van der Waals surface area contributed by atoms with E-state index in [0.717, 1.165) is 65.0 Å². The molecule has 1 aliphatic heterocycles. The molecule has 0 saturated carbocycles. The Balaban J connectivity index is 1.66. The average molecular weight is 391 g/mol. The Morgan fingerprint density at radius 1 is 1.10 bits per heavy atom. The number of pyridine rings is 1. The fourth-order valence-electron chi connectivity index (χ4n) is 4.42. The van der Waals surface area contributed by atoms with Gasteiger partial charge in [0.2, 0.25) is 5.88 Å². The standard InChI is InChI=1S/C22H25N5O2/c1-27-10-7-13(8-11-27)15-4-5-16-19(20(15)28-2)26-21(25-16)17-18-14(6-9-23-18)12-24-22(17)29-3/h4-6,9,12-13,23H,7-8,10-11H2,1-3H3,(H,25,26). The molecule has 4 aromatic rings. The minimum atomic E-state index is 0.494. The number of rotatable bonds is 4. The number of nitrogens with one attached hydrogen (secondary N) is 2. The highest BCUT2D eigenvalue weighted by atomic mass is 16.5. The number of imidazole rings is 1. The van der Waals surface area contributed by atoms with E-state index in [4.69, 9.17) is 14.5 Å². The molecule has 7 heteroatoms. The van der Waals surface area contributed by atoms with Gasteiger partial charge in [-0.05, 0) is 56.6 Å². The Morgan fingerprint density at radius 2 is 1.93 bits per heavy atom. The maximum Gasteiger partial charge on any atom is 0.226 e. The molecule has 0 radical (unpaired) electrons. The largest absolute Gasteiger partial charge is 0.494 e. The highest BCUT2D eigenvalue weighted by molar-refractivity contribution is 5.97. The van der Waals surface area contributed by atoms with E-state index in [-0.39, 0.29) is 0 Å². The Labute approximate surface area is 169 Å². The van der Waals surface area contributed by atoms with Crippen molar-refractivity contribution in [2.75, 3.05) is 34.4 Å². The van der Waals surface area contributed by atoms with Gasteiger partial charge in [0.25, 0.3) is 0 Å². The number of piperidine rings is 1. The van der Waals surface area contributed by atoms with E-state index >= 15 is 0 Å². The second-order valence-corrected chi connectivity index (χ2v) is 7.70. The molecule has 1 saturated heterocycles. The van der Waals surface area contributed by atoms with Crippen molar-refractivity contribution in [1.82, 2.24) is 24.8 Å². The molecule has 29 heavy (non-hydrogen) atoms. The number of aromatic nitrogens is 4. The molecule has 0 unspecified atom stereocenters. The van der Waals surface area contributed by atoms with Crippen LogP contribution in [0.3, 0.4) is 0 Å². The quantitative estimate of drug-likeness (QED) is 0.551. The van der Waals surface area contributed by atoms with Crippen molar-refractivity contribution in [3.8, 4) is 23.0 Å².